The Kier molecular flexibility index (Phi) is 2.01. The Hall–Kier alpha value is -1.07. The zero-order valence-electron chi connectivity index (χ0n) is 7.28. The van der Waals surface area contributed by atoms with Gasteiger partial charge in [0, 0.05) is 5.02 Å². The molecule has 6 heteroatoms. The van der Waals surface area contributed by atoms with Gasteiger partial charge in [-0.05, 0) is 24.6 Å². The molecule has 0 atom stereocenters. The van der Waals surface area contributed by atoms with E-state index in [1.165, 1.54) is 6.07 Å². The molecule has 0 bridgehead atoms. The molecular formula is C8H7ClN2O2S. The summed E-state index contributed by atoms with van der Waals surface area (Å²) in [4.78, 5) is 0.121. The van der Waals surface area contributed by atoms with Gasteiger partial charge in [-0.2, -0.15) is 8.42 Å². The van der Waals surface area contributed by atoms with E-state index in [4.69, 9.17) is 11.6 Å². The van der Waals surface area contributed by atoms with Crippen molar-refractivity contribution in [1.82, 2.24) is 0 Å². The highest BCUT2D eigenvalue weighted by Gasteiger charge is 2.21. The van der Waals surface area contributed by atoms with Crippen LogP contribution in [0.2, 0.25) is 5.02 Å². The van der Waals surface area contributed by atoms with Crippen LogP contribution in [0.15, 0.2) is 21.4 Å². The average molecular weight is 231 g/mol. The number of halogens is 1. The normalized spacial score (nSPS) is 17.3. The number of nitrogens with zero attached hydrogens (tertiary/aromatic N) is 1. The molecule has 1 heterocycles. The van der Waals surface area contributed by atoms with Gasteiger partial charge in [0.1, 0.15) is 11.2 Å². The van der Waals surface area contributed by atoms with E-state index in [0.29, 0.717) is 10.7 Å². The lowest BCUT2D eigenvalue weighted by molar-refractivity contribution is 0.598. The second-order valence-corrected chi connectivity index (χ2v) is 4.96. The van der Waals surface area contributed by atoms with Crippen molar-refractivity contribution < 1.29 is 8.42 Å². The summed E-state index contributed by atoms with van der Waals surface area (Å²) < 4.78 is 26.2. The number of rotatable bonds is 0. The topological polar surface area (TPSA) is 58.5 Å². The predicted octanol–water partition coefficient (Wildman–Crippen LogP) is 1.79. The molecule has 2 rings (SSSR count). The predicted molar refractivity (Wildman–Crippen MR) is 55.5 cm³/mol. The van der Waals surface area contributed by atoms with Crippen LogP contribution in [-0.4, -0.2) is 14.8 Å². The number of anilines is 1. The second kappa shape index (κ2) is 2.96. The molecule has 4 nitrogen and oxygen atoms in total. The Morgan fingerprint density at radius 1 is 1.43 bits per heavy atom. The van der Waals surface area contributed by atoms with Gasteiger partial charge in [-0.15, -0.1) is 4.40 Å². The van der Waals surface area contributed by atoms with Gasteiger partial charge in [-0.1, -0.05) is 11.6 Å². The Morgan fingerprint density at radius 2 is 2.14 bits per heavy atom. The Balaban J connectivity index is 2.76. The largest absolute Gasteiger partial charge is 0.345 e. The monoisotopic (exact) mass is 230 g/mol. The van der Waals surface area contributed by atoms with Crippen LogP contribution in [0, 0.1) is 6.92 Å². The summed E-state index contributed by atoms with van der Waals surface area (Å²) in [5.41, 5.74) is 1.34. The van der Waals surface area contributed by atoms with Gasteiger partial charge < -0.3 is 5.32 Å². The van der Waals surface area contributed by atoms with E-state index in [2.05, 4.69) is 9.71 Å². The average Bonchev–Trinajstić information content (AvgIpc) is 2.08. The molecule has 1 aromatic carbocycles. The van der Waals surface area contributed by atoms with Crippen molar-refractivity contribution in [3.63, 3.8) is 0 Å². The van der Waals surface area contributed by atoms with Crippen LogP contribution in [0.25, 0.3) is 0 Å². The minimum atomic E-state index is -3.56. The zero-order valence-corrected chi connectivity index (χ0v) is 8.85. The molecule has 14 heavy (non-hydrogen) atoms. The van der Waals surface area contributed by atoms with Crippen molar-refractivity contribution in [2.45, 2.75) is 11.8 Å². The van der Waals surface area contributed by atoms with E-state index in [9.17, 15) is 8.42 Å². The first-order valence-electron chi connectivity index (χ1n) is 3.86. The molecule has 1 aliphatic heterocycles. The maximum atomic E-state index is 11.4. The standard InChI is InChI=1S/C8H7ClN2O2S/c1-5-2-7-8(3-6(5)9)14(12,13)11-4-10-7/h2-4H,1H3,(H,10,11). The van der Waals surface area contributed by atoms with Crippen molar-refractivity contribution >= 4 is 33.7 Å². The summed E-state index contributed by atoms with van der Waals surface area (Å²) in [7, 11) is -3.56. The van der Waals surface area contributed by atoms with Gasteiger partial charge >= 0.3 is 0 Å². The molecule has 0 unspecified atom stereocenters. The van der Waals surface area contributed by atoms with Crippen LogP contribution in [-0.2, 0) is 10.0 Å². The van der Waals surface area contributed by atoms with E-state index >= 15 is 0 Å². The maximum absolute atomic E-state index is 11.4. The Morgan fingerprint density at radius 3 is 2.86 bits per heavy atom. The fourth-order valence-electron chi connectivity index (χ4n) is 1.21. The Bertz CT molecular complexity index is 522. The van der Waals surface area contributed by atoms with E-state index in [1.807, 2.05) is 6.92 Å². The first-order chi connectivity index (χ1) is 6.50. The highest BCUT2D eigenvalue weighted by Crippen LogP contribution is 2.30. The number of nitrogens with one attached hydrogen (secondary N) is 1. The van der Waals surface area contributed by atoms with E-state index in [-0.39, 0.29) is 4.90 Å². The summed E-state index contributed by atoms with van der Waals surface area (Å²) >= 11 is 5.83. The number of sulfonamides is 1. The fraction of sp³-hybridized carbons (Fsp3) is 0.125. The van der Waals surface area contributed by atoms with Gasteiger partial charge in [0.2, 0.25) is 0 Å². The van der Waals surface area contributed by atoms with Crippen LogP contribution in [0.3, 0.4) is 0 Å². The SMILES string of the molecule is Cc1cc2c(cc1Cl)S(=O)(=O)N=CN2. The summed E-state index contributed by atoms with van der Waals surface area (Å²) in [6, 6.07) is 3.09. The molecule has 1 aliphatic rings. The van der Waals surface area contributed by atoms with Crippen LogP contribution < -0.4 is 5.32 Å². The van der Waals surface area contributed by atoms with Crippen molar-refractivity contribution in [1.29, 1.82) is 0 Å². The van der Waals surface area contributed by atoms with Crippen LogP contribution in [0.5, 0.6) is 0 Å². The van der Waals surface area contributed by atoms with Crippen molar-refractivity contribution in [3.05, 3.63) is 22.7 Å². The third-order valence-electron chi connectivity index (χ3n) is 1.95. The Labute approximate surface area is 86.7 Å². The first kappa shape index (κ1) is 9.48. The van der Waals surface area contributed by atoms with E-state index < -0.39 is 10.0 Å². The molecule has 0 radical (unpaired) electrons. The van der Waals surface area contributed by atoms with Gasteiger partial charge in [0.15, 0.2) is 0 Å². The number of benzene rings is 1. The number of fused-ring (bicyclic) bond motifs is 1. The molecule has 1 aromatic rings. The van der Waals surface area contributed by atoms with Crippen molar-refractivity contribution in [3.8, 4) is 0 Å². The lowest BCUT2D eigenvalue weighted by atomic mass is 10.2. The van der Waals surface area contributed by atoms with Crippen molar-refractivity contribution in [2.24, 2.45) is 4.40 Å². The van der Waals surface area contributed by atoms with Gasteiger partial charge in [-0.3, -0.25) is 0 Å². The number of aryl methyl sites for hydroxylation is 1. The van der Waals surface area contributed by atoms with E-state index in [1.54, 1.807) is 6.07 Å². The van der Waals surface area contributed by atoms with E-state index in [0.717, 1.165) is 11.9 Å². The quantitative estimate of drug-likeness (QED) is 0.739. The van der Waals surface area contributed by atoms with Gasteiger partial charge in [-0.25, -0.2) is 0 Å². The molecule has 0 saturated heterocycles. The molecule has 0 aliphatic carbocycles. The molecule has 74 valence electrons. The number of hydrogen-bond acceptors (Lipinski definition) is 3. The lowest BCUT2D eigenvalue weighted by Gasteiger charge is -2.13. The zero-order chi connectivity index (χ0) is 10.3. The summed E-state index contributed by atoms with van der Waals surface area (Å²) in [5.74, 6) is 0. The second-order valence-electron chi connectivity index (χ2n) is 2.95. The fourth-order valence-corrected chi connectivity index (χ4v) is 2.41. The summed E-state index contributed by atoms with van der Waals surface area (Å²) in [5, 5.41) is 3.18. The highest BCUT2D eigenvalue weighted by atomic mass is 35.5. The van der Waals surface area contributed by atoms with Crippen LogP contribution >= 0.6 is 11.6 Å². The summed E-state index contributed by atoms with van der Waals surface area (Å²) in [6.07, 6.45) is 1.16. The third-order valence-corrected chi connectivity index (χ3v) is 3.63. The molecule has 0 spiro atoms. The lowest BCUT2D eigenvalue weighted by Crippen LogP contribution is -2.11. The smallest absolute Gasteiger partial charge is 0.285 e. The summed E-state index contributed by atoms with van der Waals surface area (Å²) in [6.45, 7) is 1.81. The third kappa shape index (κ3) is 1.38. The molecule has 0 saturated carbocycles. The molecule has 0 amide bonds. The van der Waals surface area contributed by atoms with Crippen LogP contribution in [0.1, 0.15) is 5.56 Å². The minimum Gasteiger partial charge on any atom is -0.345 e. The molecule has 0 aromatic heterocycles. The van der Waals surface area contributed by atoms with Gasteiger partial charge in [0.05, 0.1) is 5.69 Å². The minimum absolute atomic E-state index is 0.121. The molecule has 0 fully saturated rings. The first-order valence-corrected chi connectivity index (χ1v) is 5.68. The molecule has 1 N–H and O–H groups in total. The highest BCUT2D eigenvalue weighted by molar-refractivity contribution is 7.90. The molecular weight excluding hydrogens is 224 g/mol. The van der Waals surface area contributed by atoms with Crippen LogP contribution in [0.4, 0.5) is 5.69 Å². The van der Waals surface area contributed by atoms with Crippen molar-refractivity contribution in [2.75, 3.05) is 5.32 Å². The number of hydrogen-bond donors (Lipinski definition) is 1. The van der Waals surface area contributed by atoms with Gasteiger partial charge in [0.25, 0.3) is 10.0 Å². The maximum Gasteiger partial charge on any atom is 0.285 e.